The lowest BCUT2D eigenvalue weighted by Gasteiger charge is -2.20. The van der Waals surface area contributed by atoms with Gasteiger partial charge in [-0.2, -0.15) is 0 Å². The van der Waals surface area contributed by atoms with Crippen molar-refractivity contribution in [2.24, 2.45) is 0 Å². The second-order valence-corrected chi connectivity index (χ2v) is 22.1. The zero-order valence-electron chi connectivity index (χ0n) is 48.9. The second kappa shape index (κ2) is 62.4. The molecule has 6 nitrogen and oxygen atoms in total. The molecule has 0 fully saturated rings. The lowest BCUT2D eigenvalue weighted by atomic mass is 10.0. The Labute approximate surface area is 455 Å². The van der Waals surface area contributed by atoms with Crippen LogP contribution >= 0.6 is 0 Å². The van der Waals surface area contributed by atoms with Crippen molar-refractivity contribution in [3.8, 4) is 0 Å². The smallest absolute Gasteiger partial charge is 0.305 e. The fraction of sp³-hybridized carbons (Fsp3) is 0.851. The van der Waals surface area contributed by atoms with Gasteiger partial charge in [-0.3, -0.25) is 9.59 Å². The van der Waals surface area contributed by atoms with Gasteiger partial charge in [0.2, 0.25) is 5.91 Å². The highest BCUT2D eigenvalue weighted by Gasteiger charge is 2.18. The Hall–Kier alpha value is -2.18. The number of nitrogens with one attached hydrogen (secondary N) is 1. The van der Waals surface area contributed by atoms with Crippen molar-refractivity contribution in [3.05, 3.63) is 48.6 Å². The Morgan fingerprint density at radius 1 is 0.384 bits per heavy atom. The fourth-order valence-electron chi connectivity index (χ4n) is 9.84. The summed E-state index contributed by atoms with van der Waals surface area (Å²) in [6, 6.07) is -0.627. The lowest BCUT2D eigenvalue weighted by Crippen LogP contribution is -2.45. The van der Waals surface area contributed by atoms with E-state index in [2.05, 4.69) is 55.6 Å². The Bertz CT molecular complexity index is 1230. The van der Waals surface area contributed by atoms with Crippen LogP contribution in [-0.4, -0.2) is 47.4 Å². The minimum Gasteiger partial charge on any atom is -0.466 e. The molecule has 0 radical (unpaired) electrons. The third-order valence-corrected chi connectivity index (χ3v) is 14.8. The van der Waals surface area contributed by atoms with Crippen LogP contribution in [-0.2, 0) is 14.3 Å². The first kappa shape index (κ1) is 70.8. The summed E-state index contributed by atoms with van der Waals surface area (Å²) in [5.41, 5.74) is 0. The molecule has 0 aliphatic carbocycles. The maximum Gasteiger partial charge on any atom is 0.305 e. The van der Waals surface area contributed by atoms with Crippen molar-refractivity contribution >= 4 is 11.9 Å². The van der Waals surface area contributed by atoms with Crippen molar-refractivity contribution in [2.45, 2.75) is 353 Å². The monoisotopic (exact) mass is 1020 g/mol. The van der Waals surface area contributed by atoms with Crippen LogP contribution in [0.2, 0.25) is 0 Å². The lowest BCUT2D eigenvalue weighted by molar-refractivity contribution is -0.143. The molecule has 0 heterocycles. The predicted octanol–water partition coefficient (Wildman–Crippen LogP) is 20.5. The maximum absolute atomic E-state index is 12.4. The first-order chi connectivity index (χ1) is 36.0. The van der Waals surface area contributed by atoms with Gasteiger partial charge >= 0.3 is 5.97 Å². The average molecular weight is 1020 g/mol. The van der Waals surface area contributed by atoms with Crippen molar-refractivity contribution in [3.63, 3.8) is 0 Å². The number of carbonyl (C=O) groups excluding carboxylic acids is 2. The molecule has 0 aliphatic rings. The highest BCUT2D eigenvalue weighted by molar-refractivity contribution is 5.76. The highest BCUT2D eigenvalue weighted by atomic mass is 16.5. The zero-order valence-corrected chi connectivity index (χ0v) is 48.9. The summed E-state index contributed by atoms with van der Waals surface area (Å²) in [4.78, 5) is 24.5. The number of aliphatic hydroxyl groups is 2. The first-order valence-corrected chi connectivity index (χ1v) is 32.4. The van der Waals surface area contributed by atoms with Gasteiger partial charge in [0.05, 0.1) is 25.4 Å². The normalized spacial score (nSPS) is 12.9. The van der Waals surface area contributed by atoms with Crippen LogP contribution in [0.4, 0.5) is 0 Å². The first-order valence-electron chi connectivity index (χ1n) is 32.4. The second-order valence-electron chi connectivity index (χ2n) is 22.1. The molecule has 0 saturated carbocycles. The average Bonchev–Trinajstić information content (AvgIpc) is 3.39. The number of hydrogen-bond acceptors (Lipinski definition) is 5. The standard InChI is InChI=1S/C67H125NO5/c1-3-5-7-9-11-13-15-16-17-30-34-37-41-45-49-53-57-61-67(72)73-62-58-54-50-46-42-38-35-32-29-27-25-23-21-19-18-20-22-24-26-28-31-33-36-40-44-48-52-56-60-66(71)68-64(63-69)65(70)59-55-51-47-43-39-14-12-10-8-6-4-2/h11,13,16-19,55,59,64-65,69-70H,3-10,12,14-15,20-54,56-58,60-63H2,1-2H3,(H,68,71)/b13-11-,17-16-,19-18-,59-55+. The molecule has 1 amide bonds. The van der Waals surface area contributed by atoms with Crippen LogP contribution in [0.15, 0.2) is 48.6 Å². The van der Waals surface area contributed by atoms with Gasteiger partial charge in [-0.1, -0.05) is 287 Å². The number of rotatable bonds is 60. The topological polar surface area (TPSA) is 95.9 Å². The van der Waals surface area contributed by atoms with Gasteiger partial charge in [0.1, 0.15) is 0 Å². The summed E-state index contributed by atoms with van der Waals surface area (Å²) in [6.07, 6.45) is 80.3. The Morgan fingerprint density at radius 3 is 1.08 bits per heavy atom. The predicted molar refractivity (Wildman–Crippen MR) is 319 cm³/mol. The Kier molecular flexibility index (Phi) is 60.5. The fourth-order valence-corrected chi connectivity index (χ4v) is 9.84. The number of amides is 1. The third-order valence-electron chi connectivity index (χ3n) is 14.8. The van der Waals surface area contributed by atoms with E-state index in [9.17, 15) is 19.8 Å². The zero-order chi connectivity index (χ0) is 52.9. The van der Waals surface area contributed by atoms with Crippen LogP contribution in [0.5, 0.6) is 0 Å². The number of carbonyl (C=O) groups is 2. The molecule has 2 atom stereocenters. The number of aliphatic hydroxyl groups excluding tert-OH is 2. The van der Waals surface area contributed by atoms with Gasteiger partial charge in [-0.15, -0.1) is 0 Å². The molecule has 0 aromatic carbocycles. The summed E-state index contributed by atoms with van der Waals surface area (Å²) in [5, 5.41) is 23.0. The van der Waals surface area contributed by atoms with Crippen molar-refractivity contribution in [2.75, 3.05) is 13.2 Å². The van der Waals surface area contributed by atoms with Gasteiger partial charge in [0, 0.05) is 12.8 Å². The quantitative estimate of drug-likeness (QED) is 0.0320. The van der Waals surface area contributed by atoms with Crippen molar-refractivity contribution in [1.82, 2.24) is 5.32 Å². The molecule has 428 valence electrons. The number of unbranched alkanes of at least 4 members (excludes halogenated alkanes) is 43. The molecule has 0 rings (SSSR count). The van der Waals surface area contributed by atoms with Crippen LogP contribution in [0, 0.1) is 0 Å². The molecule has 3 N–H and O–H groups in total. The van der Waals surface area contributed by atoms with Crippen LogP contribution in [0.3, 0.4) is 0 Å². The summed E-state index contributed by atoms with van der Waals surface area (Å²) in [6.45, 7) is 4.87. The van der Waals surface area contributed by atoms with E-state index in [1.165, 1.54) is 263 Å². The SMILES string of the molecule is CCCCC/C=C\C/C=C\CCCCCCCCCC(=O)OCCCCCCCCCCCCCC/C=C\CCCCCCCCCCCCCCC(=O)NC(CO)C(O)/C=C/CCCCCCCCCCC. The van der Waals surface area contributed by atoms with E-state index >= 15 is 0 Å². The minimum atomic E-state index is -0.843. The summed E-state index contributed by atoms with van der Waals surface area (Å²) in [5.74, 6) is -0.0615. The van der Waals surface area contributed by atoms with Gasteiger partial charge in [0.15, 0.2) is 0 Å². The van der Waals surface area contributed by atoms with E-state index in [0.29, 0.717) is 19.4 Å². The number of hydrogen-bond donors (Lipinski definition) is 3. The largest absolute Gasteiger partial charge is 0.466 e. The van der Waals surface area contributed by atoms with Crippen molar-refractivity contribution < 1.29 is 24.5 Å². The molecule has 0 spiro atoms. The molecular weight excluding hydrogens is 899 g/mol. The molecule has 6 heteroatoms. The van der Waals surface area contributed by atoms with Gasteiger partial charge in [-0.05, 0) is 89.9 Å². The van der Waals surface area contributed by atoms with Crippen LogP contribution in [0.25, 0.3) is 0 Å². The Morgan fingerprint density at radius 2 is 0.685 bits per heavy atom. The van der Waals surface area contributed by atoms with E-state index in [-0.39, 0.29) is 18.5 Å². The molecule has 0 aromatic heterocycles. The molecule has 0 aliphatic heterocycles. The van der Waals surface area contributed by atoms with Crippen LogP contribution < -0.4 is 5.32 Å². The van der Waals surface area contributed by atoms with Crippen LogP contribution in [0.1, 0.15) is 341 Å². The molecule has 0 saturated heterocycles. The number of esters is 1. The molecule has 0 bridgehead atoms. The van der Waals surface area contributed by atoms with E-state index in [1.54, 1.807) is 6.08 Å². The molecule has 2 unspecified atom stereocenters. The van der Waals surface area contributed by atoms with Gasteiger partial charge in [0.25, 0.3) is 0 Å². The summed E-state index contributed by atoms with van der Waals surface area (Å²) >= 11 is 0. The van der Waals surface area contributed by atoms with Crippen molar-refractivity contribution in [1.29, 1.82) is 0 Å². The van der Waals surface area contributed by atoms with E-state index in [4.69, 9.17) is 4.74 Å². The van der Waals surface area contributed by atoms with E-state index in [1.807, 2.05) is 6.08 Å². The molecule has 73 heavy (non-hydrogen) atoms. The molecular formula is C67H125NO5. The van der Waals surface area contributed by atoms with Gasteiger partial charge in [-0.25, -0.2) is 0 Å². The minimum absolute atomic E-state index is 0.00743. The molecule has 0 aromatic rings. The van der Waals surface area contributed by atoms with E-state index < -0.39 is 12.1 Å². The highest BCUT2D eigenvalue weighted by Crippen LogP contribution is 2.17. The summed E-state index contributed by atoms with van der Waals surface area (Å²) < 4.78 is 5.49. The Balaban J connectivity index is 3.37. The number of allylic oxidation sites excluding steroid dienone is 7. The van der Waals surface area contributed by atoms with E-state index in [0.717, 1.165) is 51.4 Å². The van der Waals surface area contributed by atoms with Gasteiger partial charge < -0.3 is 20.3 Å². The maximum atomic E-state index is 12.4. The third kappa shape index (κ3) is 58.9. The number of ether oxygens (including phenoxy) is 1. The summed E-state index contributed by atoms with van der Waals surface area (Å²) in [7, 11) is 0.